The fourth-order valence-corrected chi connectivity index (χ4v) is 2.07. The SMILES string of the molecule is CC(=O)NC(CS)C(=O)NC(C)Cc1ccc(F)cc1. The minimum absolute atomic E-state index is 0.121. The first-order valence-corrected chi connectivity index (χ1v) is 6.98. The van der Waals surface area contributed by atoms with Crippen LogP contribution >= 0.6 is 12.6 Å². The molecular formula is C14H19FN2O2S. The zero-order valence-corrected chi connectivity index (χ0v) is 12.4. The third-order valence-electron chi connectivity index (χ3n) is 2.72. The van der Waals surface area contributed by atoms with Gasteiger partial charge in [0.2, 0.25) is 11.8 Å². The number of thiol groups is 1. The normalized spacial score (nSPS) is 13.4. The maximum Gasteiger partial charge on any atom is 0.243 e. The second-order valence-corrected chi connectivity index (χ2v) is 5.04. The fourth-order valence-electron chi connectivity index (χ4n) is 1.81. The van der Waals surface area contributed by atoms with E-state index in [1.807, 2.05) is 6.92 Å². The summed E-state index contributed by atoms with van der Waals surface area (Å²) in [4.78, 5) is 22.9. The summed E-state index contributed by atoms with van der Waals surface area (Å²) in [6.45, 7) is 3.20. The number of halogens is 1. The van der Waals surface area contributed by atoms with Gasteiger partial charge in [0.05, 0.1) is 0 Å². The maximum absolute atomic E-state index is 12.8. The van der Waals surface area contributed by atoms with Crippen LogP contribution in [0.4, 0.5) is 4.39 Å². The Kier molecular flexibility index (Phi) is 6.51. The molecule has 2 amide bonds. The summed E-state index contributed by atoms with van der Waals surface area (Å²) in [5.74, 6) is -0.601. The molecule has 0 spiro atoms. The molecule has 4 nitrogen and oxygen atoms in total. The van der Waals surface area contributed by atoms with Gasteiger partial charge in [-0.3, -0.25) is 9.59 Å². The van der Waals surface area contributed by atoms with Crippen LogP contribution in [0.3, 0.4) is 0 Å². The zero-order valence-electron chi connectivity index (χ0n) is 11.5. The van der Waals surface area contributed by atoms with Crippen molar-refractivity contribution in [3.63, 3.8) is 0 Å². The van der Waals surface area contributed by atoms with Crippen molar-refractivity contribution in [3.05, 3.63) is 35.6 Å². The minimum atomic E-state index is -0.647. The second-order valence-electron chi connectivity index (χ2n) is 4.68. The Morgan fingerprint density at radius 3 is 2.35 bits per heavy atom. The molecule has 1 aromatic carbocycles. The van der Waals surface area contributed by atoms with Gasteiger partial charge in [-0.25, -0.2) is 4.39 Å². The Morgan fingerprint density at radius 1 is 1.25 bits per heavy atom. The molecule has 0 fully saturated rings. The first-order chi connectivity index (χ1) is 9.42. The van der Waals surface area contributed by atoms with Crippen LogP contribution in [-0.4, -0.2) is 29.7 Å². The summed E-state index contributed by atoms with van der Waals surface area (Å²) in [6, 6.07) is 5.37. The van der Waals surface area contributed by atoms with Gasteiger partial charge in [0, 0.05) is 18.7 Å². The van der Waals surface area contributed by atoms with Crippen LogP contribution in [0.1, 0.15) is 19.4 Å². The van der Waals surface area contributed by atoms with Crippen LogP contribution in [0, 0.1) is 5.82 Å². The molecule has 1 aromatic rings. The van der Waals surface area contributed by atoms with Crippen LogP contribution < -0.4 is 10.6 Å². The van der Waals surface area contributed by atoms with Crippen LogP contribution in [0.15, 0.2) is 24.3 Å². The number of amides is 2. The van der Waals surface area contributed by atoms with Gasteiger partial charge >= 0.3 is 0 Å². The van der Waals surface area contributed by atoms with Crippen molar-refractivity contribution in [2.45, 2.75) is 32.4 Å². The van der Waals surface area contributed by atoms with Crippen molar-refractivity contribution in [1.29, 1.82) is 0 Å². The maximum atomic E-state index is 12.8. The third-order valence-corrected chi connectivity index (χ3v) is 3.09. The minimum Gasteiger partial charge on any atom is -0.352 e. The van der Waals surface area contributed by atoms with Crippen LogP contribution in [0.5, 0.6) is 0 Å². The lowest BCUT2D eigenvalue weighted by atomic mass is 10.1. The lowest BCUT2D eigenvalue weighted by Crippen LogP contribution is -2.50. The summed E-state index contributed by atoms with van der Waals surface area (Å²) in [5.41, 5.74) is 0.932. The van der Waals surface area contributed by atoms with E-state index in [1.165, 1.54) is 19.1 Å². The second kappa shape index (κ2) is 7.89. The number of benzene rings is 1. The van der Waals surface area contributed by atoms with Crippen molar-refractivity contribution in [2.75, 3.05) is 5.75 Å². The molecule has 0 heterocycles. The monoisotopic (exact) mass is 298 g/mol. The van der Waals surface area contributed by atoms with Gasteiger partial charge in [-0.1, -0.05) is 12.1 Å². The fraction of sp³-hybridized carbons (Fsp3) is 0.429. The molecule has 0 bridgehead atoms. The Labute approximate surface area is 123 Å². The average molecular weight is 298 g/mol. The van der Waals surface area contributed by atoms with Crippen LogP contribution in [0.2, 0.25) is 0 Å². The highest BCUT2D eigenvalue weighted by Gasteiger charge is 2.19. The van der Waals surface area contributed by atoms with Crippen molar-refractivity contribution < 1.29 is 14.0 Å². The van der Waals surface area contributed by atoms with Gasteiger partial charge in [0.25, 0.3) is 0 Å². The third kappa shape index (κ3) is 5.61. The van der Waals surface area contributed by atoms with Gasteiger partial charge in [-0.2, -0.15) is 12.6 Å². The van der Waals surface area contributed by atoms with E-state index in [0.29, 0.717) is 6.42 Å². The standard InChI is InChI=1S/C14H19FN2O2S/c1-9(7-11-3-5-12(15)6-4-11)16-14(19)13(8-20)17-10(2)18/h3-6,9,13,20H,7-8H2,1-2H3,(H,16,19)(H,17,18). The number of rotatable bonds is 6. The lowest BCUT2D eigenvalue weighted by Gasteiger charge is -2.19. The highest BCUT2D eigenvalue weighted by atomic mass is 32.1. The first kappa shape index (κ1) is 16.5. The molecular weight excluding hydrogens is 279 g/mol. The van der Waals surface area contributed by atoms with E-state index in [0.717, 1.165) is 5.56 Å². The molecule has 0 aliphatic heterocycles. The quantitative estimate of drug-likeness (QED) is 0.694. The van der Waals surface area contributed by atoms with E-state index in [1.54, 1.807) is 12.1 Å². The number of carbonyl (C=O) groups is 2. The Morgan fingerprint density at radius 2 is 1.85 bits per heavy atom. The number of nitrogens with one attached hydrogen (secondary N) is 2. The topological polar surface area (TPSA) is 58.2 Å². The first-order valence-electron chi connectivity index (χ1n) is 6.35. The molecule has 0 aliphatic carbocycles. The number of hydrogen-bond acceptors (Lipinski definition) is 3. The molecule has 0 radical (unpaired) electrons. The molecule has 0 saturated heterocycles. The lowest BCUT2D eigenvalue weighted by molar-refractivity contribution is -0.127. The summed E-state index contributed by atoms with van der Waals surface area (Å²) < 4.78 is 12.8. The molecule has 1 rings (SSSR count). The largest absolute Gasteiger partial charge is 0.352 e. The molecule has 2 atom stereocenters. The van der Waals surface area contributed by atoms with E-state index in [9.17, 15) is 14.0 Å². The van der Waals surface area contributed by atoms with E-state index < -0.39 is 6.04 Å². The van der Waals surface area contributed by atoms with Crippen molar-refractivity contribution in [1.82, 2.24) is 10.6 Å². The van der Waals surface area contributed by atoms with Crippen LogP contribution in [0.25, 0.3) is 0 Å². The summed E-state index contributed by atoms with van der Waals surface area (Å²) in [6.07, 6.45) is 0.589. The highest BCUT2D eigenvalue weighted by molar-refractivity contribution is 7.80. The highest BCUT2D eigenvalue weighted by Crippen LogP contribution is 2.06. The molecule has 110 valence electrons. The molecule has 6 heteroatoms. The smallest absolute Gasteiger partial charge is 0.243 e. The zero-order chi connectivity index (χ0) is 15.1. The van der Waals surface area contributed by atoms with E-state index in [-0.39, 0.29) is 29.4 Å². The predicted octanol–water partition coefficient (Wildman–Crippen LogP) is 1.31. The molecule has 2 N–H and O–H groups in total. The predicted molar refractivity (Wildman–Crippen MR) is 79.2 cm³/mol. The Balaban J connectivity index is 2.52. The number of carbonyl (C=O) groups excluding carboxylic acids is 2. The van der Waals surface area contributed by atoms with Gasteiger partial charge < -0.3 is 10.6 Å². The molecule has 0 aliphatic rings. The molecule has 20 heavy (non-hydrogen) atoms. The number of hydrogen-bond donors (Lipinski definition) is 3. The van der Waals surface area contributed by atoms with Gasteiger partial charge in [-0.05, 0) is 31.0 Å². The van der Waals surface area contributed by atoms with E-state index in [4.69, 9.17) is 0 Å². The average Bonchev–Trinajstić information content (AvgIpc) is 2.38. The van der Waals surface area contributed by atoms with Crippen LogP contribution in [-0.2, 0) is 16.0 Å². The van der Waals surface area contributed by atoms with E-state index in [2.05, 4.69) is 23.3 Å². The van der Waals surface area contributed by atoms with Gasteiger partial charge in [-0.15, -0.1) is 0 Å². The van der Waals surface area contributed by atoms with Crippen molar-refractivity contribution >= 4 is 24.4 Å². The molecule has 2 unspecified atom stereocenters. The Bertz CT molecular complexity index is 465. The molecule has 0 aromatic heterocycles. The van der Waals surface area contributed by atoms with E-state index >= 15 is 0 Å². The van der Waals surface area contributed by atoms with Crippen molar-refractivity contribution in [3.8, 4) is 0 Å². The van der Waals surface area contributed by atoms with Crippen molar-refractivity contribution in [2.24, 2.45) is 0 Å². The Hall–Kier alpha value is -1.56. The molecule has 0 saturated carbocycles. The summed E-state index contributed by atoms with van der Waals surface area (Å²) in [7, 11) is 0. The summed E-state index contributed by atoms with van der Waals surface area (Å²) in [5, 5.41) is 5.33. The van der Waals surface area contributed by atoms with Gasteiger partial charge in [0.1, 0.15) is 11.9 Å². The summed E-state index contributed by atoms with van der Waals surface area (Å²) >= 11 is 4.05. The van der Waals surface area contributed by atoms with Gasteiger partial charge in [0.15, 0.2) is 0 Å².